The third-order valence-corrected chi connectivity index (χ3v) is 1.94. The van der Waals surface area contributed by atoms with Crippen LogP contribution in [0.25, 0.3) is 0 Å². The Balaban J connectivity index is 3.57. The van der Waals surface area contributed by atoms with E-state index in [2.05, 4.69) is 10.6 Å². The Hall–Kier alpha value is -1.14. The molecule has 0 radical (unpaired) electrons. The second-order valence-corrected chi connectivity index (χ2v) is 3.32. The highest BCUT2D eigenvalue weighted by atomic mass is 16.2. The number of rotatable bonds is 6. The minimum Gasteiger partial charge on any atom is -0.341 e. The van der Waals surface area contributed by atoms with Crippen molar-refractivity contribution >= 4 is 11.9 Å². The van der Waals surface area contributed by atoms with Crippen LogP contribution in [-0.2, 0) is 4.79 Å². The van der Waals surface area contributed by atoms with Crippen molar-refractivity contribution in [1.29, 1.82) is 0 Å². The molecule has 0 spiro atoms. The monoisotopic (exact) mass is 216 g/mol. The summed E-state index contributed by atoms with van der Waals surface area (Å²) in [5.41, 5.74) is 5.36. The van der Waals surface area contributed by atoms with Crippen LogP contribution in [0.1, 0.15) is 12.8 Å². The average Bonchev–Trinajstić information content (AvgIpc) is 2.23. The number of amides is 3. The number of carbonyl (C=O) groups is 2. The van der Waals surface area contributed by atoms with Crippen LogP contribution in [-0.4, -0.2) is 50.6 Å². The van der Waals surface area contributed by atoms with E-state index in [9.17, 15) is 9.59 Å². The summed E-state index contributed by atoms with van der Waals surface area (Å²) in [7, 11) is 3.39. The Kier molecular flexibility index (Phi) is 7.57. The van der Waals surface area contributed by atoms with Gasteiger partial charge < -0.3 is 16.0 Å². The Morgan fingerprint density at radius 1 is 1.33 bits per heavy atom. The van der Waals surface area contributed by atoms with Crippen molar-refractivity contribution in [3.8, 4) is 0 Å². The molecule has 0 aromatic carbocycles. The molecule has 0 aliphatic heterocycles. The number of nitrogens with zero attached hydrogens (tertiary/aromatic N) is 1. The first-order valence-corrected chi connectivity index (χ1v) is 5.00. The Bertz CT molecular complexity index is 208. The molecule has 88 valence electrons. The summed E-state index contributed by atoms with van der Waals surface area (Å²) in [6.45, 7) is 2.14. The SMILES string of the molecule is CNC(=O)NC(=O)CCN(C)CCCN. The molecule has 0 bridgehead atoms. The lowest BCUT2D eigenvalue weighted by molar-refractivity contribution is -0.120. The van der Waals surface area contributed by atoms with Crippen LogP contribution in [0.3, 0.4) is 0 Å². The van der Waals surface area contributed by atoms with Crippen LogP contribution in [0.5, 0.6) is 0 Å². The van der Waals surface area contributed by atoms with Crippen molar-refractivity contribution < 1.29 is 9.59 Å². The van der Waals surface area contributed by atoms with Crippen molar-refractivity contribution in [2.24, 2.45) is 5.73 Å². The smallest absolute Gasteiger partial charge is 0.321 e. The predicted molar refractivity (Wildman–Crippen MR) is 58.4 cm³/mol. The molecule has 0 rings (SSSR count). The molecule has 0 atom stereocenters. The molecule has 4 N–H and O–H groups in total. The molecule has 0 aromatic rings. The number of imide groups is 1. The molecule has 15 heavy (non-hydrogen) atoms. The largest absolute Gasteiger partial charge is 0.341 e. The maximum absolute atomic E-state index is 11.2. The molecule has 0 aliphatic carbocycles. The van der Waals surface area contributed by atoms with E-state index in [4.69, 9.17) is 5.73 Å². The zero-order chi connectivity index (χ0) is 11.7. The first kappa shape index (κ1) is 13.9. The first-order valence-electron chi connectivity index (χ1n) is 5.00. The molecule has 0 heterocycles. The molecule has 0 aromatic heterocycles. The minimum absolute atomic E-state index is 0.269. The summed E-state index contributed by atoms with van der Waals surface area (Å²) in [6, 6.07) is -0.468. The molecule has 0 saturated heterocycles. The molecule has 6 heteroatoms. The highest BCUT2D eigenvalue weighted by molar-refractivity contribution is 5.94. The van der Waals surface area contributed by atoms with Gasteiger partial charge in [0, 0.05) is 20.0 Å². The van der Waals surface area contributed by atoms with E-state index >= 15 is 0 Å². The van der Waals surface area contributed by atoms with Crippen LogP contribution in [0, 0.1) is 0 Å². The quantitative estimate of drug-likeness (QED) is 0.537. The van der Waals surface area contributed by atoms with Crippen molar-refractivity contribution in [1.82, 2.24) is 15.5 Å². The summed E-state index contributed by atoms with van der Waals surface area (Å²) >= 11 is 0. The van der Waals surface area contributed by atoms with Crippen LogP contribution < -0.4 is 16.4 Å². The van der Waals surface area contributed by atoms with Gasteiger partial charge in [-0.2, -0.15) is 0 Å². The number of urea groups is 1. The van der Waals surface area contributed by atoms with E-state index in [1.54, 1.807) is 0 Å². The van der Waals surface area contributed by atoms with Gasteiger partial charge in [-0.3, -0.25) is 10.1 Å². The fourth-order valence-electron chi connectivity index (χ4n) is 1.02. The van der Waals surface area contributed by atoms with E-state index < -0.39 is 6.03 Å². The van der Waals surface area contributed by atoms with Crippen molar-refractivity contribution in [2.75, 3.05) is 33.7 Å². The third kappa shape index (κ3) is 7.90. The molecular formula is C9H20N4O2. The lowest BCUT2D eigenvalue weighted by atomic mass is 10.3. The lowest BCUT2D eigenvalue weighted by Gasteiger charge is -2.15. The van der Waals surface area contributed by atoms with Gasteiger partial charge in [-0.1, -0.05) is 0 Å². The van der Waals surface area contributed by atoms with Gasteiger partial charge in [0.25, 0.3) is 0 Å². The van der Waals surface area contributed by atoms with Crippen LogP contribution >= 0.6 is 0 Å². The maximum atomic E-state index is 11.2. The van der Waals surface area contributed by atoms with Gasteiger partial charge in [-0.25, -0.2) is 4.79 Å². The molecule has 6 nitrogen and oxygen atoms in total. The fourth-order valence-corrected chi connectivity index (χ4v) is 1.02. The average molecular weight is 216 g/mol. The first-order chi connectivity index (χ1) is 7.10. The minimum atomic E-state index is -0.468. The summed E-state index contributed by atoms with van der Waals surface area (Å²) in [4.78, 5) is 23.9. The summed E-state index contributed by atoms with van der Waals surface area (Å²) in [5.74, 6) is -0.269. The van der Waals surface area contributed by atoms with Gasteiger partial charge in [-0.15, -0.1) is 0 Å². The zero-order valence-corrected chi connectivity index (χ0v) is 9.38. The second kappa shape index (κ2) is 8.19. The number of carbonyl (C=O) groups excluding carboxylic acids is 2. The molecule has 0 saturated carbocycles. The van der Waals surface area contributed by atoms with Gasteiger partial charge in [0.2, 0.25) is 5.91 Å². The third-order valence-electron chi connectivity index (χ3n) is 1.94. The number of hydrogen-bond acceptors (Lipinski definition) is 4. The van der Waals surface area contributed by atoms with E-state index in [0.29, 0.717) is 19.5 Å². The van der Waals surface area contributed by atoms with Gasteiger partial charge in [0.05, 0.1) is 0 Å². The zero-order valence-electron chi connectivity index (χ0n) is 9.38. The van der Waals surface area contributed by atoms with E-state index in [1.807, 2.05) is 11.9 Å². The molecule has 0 fully saturated rings. The Morgan fingerprint density at radius 3 is 2.53 bits per heavy atom. The van der Waals surface area contributed by atoms with Crippen LogP contribution in [0.15, 0.2) is 0 Å². The number of hydrogen-bond donors (Lipinski definition) is 3. The van der Waals surface area contributed by atoms with Crippen molar-refractivity contribution in [3.63, 3.8) is 0 Å². The fraction of sp³-hybridized carbons (Fsp3) is 0.778. The predicted octanol–water partition coefficient (Wildman–Crippen LogP) is -0.887. The van der Waals surface area contributed by atoms with Crippen LogP contribution in [0.2, 0.25) is 0 Å². The Morgan fingerprint density at radius 2 is 2.00 bits per heavy atom. The highest BCUT2D eigenvalue weighted by Crippen LogP contribution is 1.89. The van der Waals surface area contributed by atoms with E-state index in [0.717, 1.165) is 13.0 Å². The molecule has 3 amide bonds. The van der Waals surface area contributed by atoms with Gasteiger partial charge in [0.1, 0.15) is 0 Å². The van der Waals surface area contributed by atoms with Crippen molar-refractivity contribution in [3.05, 3.63) is 0 Å². The van der Waals surface area contributed by atoms with Gasteiger partial charge in [0.15, 0.2) is 0 Å². The maximum Gasteiger partial charge on any atom is 0.321 e. The van der Waals surface area contributed by atoms with Gasteiger partial charge in [-0.05, 0) is 26.6 Å². The Labute approximate surface area is 90.2 Å². The second-order valence-electron chi connectivity index (χ2n) is 3.32. The standard InChI is InChI=1S/C9H20N4O2/c1-11-9(15)12-8(14)4-7-13(2)6-3-5-10/h3-7,10H2,1-2H3,(H2,11,12,14,15). The highest BCUT2D eigenvalue weighted by Gasteiger charge is 2.06. The molecular weight excluding hydrogens is 196 g/mol. The lowest BCUT2D eigenvalue weighted by Crippen LogP contribution is -2.38. The number of nitrogens with two attached hydrogens (primary N) is 1. The van der Waals surface area contributed by atoms with E-state index in [1.165, 1.54) is 7.05 Å². The number of nitrogens with one attached hydrogen (secondary N) is 2. The summed E-state index contributed by atoms with van der Waals surface area (Å²) < 4.78 is 0. The molecule has 0 unspecified atom stereocenters. The van der Waals surface area contributed by atoms with E-state index in [-0.39, 0.29) is 5.91 Å². The molecule has 0 aliphatic rings. The summed E-state index contributed by atoms with van der Waals surface area (Å²) in [5, 5.41) is 4.52. The van der Waals surface area contributed by atoms with Gasteiger partial charge >= 0.3 is 6.03 Å². The van der Waals surface area contributed by atoms with Crippen LogP contribution in [0.4, 0.5) is 4.79 Å². The topological polar surface area (TPSA) is 87.5 Å². The normalized spacial score (nSPS) is 10.1. The van der Waals surface area contributed by atoms with Crippen molar-refractivity contribution in [2.45, 2.75) is 12.8 Å². The summed E-state index contributed by atoms with van der Waals surface area (Å²) in [6.07, 6.45) is 1.22.